The molecular weight excluding hydrogens is 607 g/mol. The SMILES string of the molecule is Cc1c(-c2cc3cc(NC(=O)OC4CCOCC4)ncc3c(Cl)c2F)cnc2c1N(C(=O)O)CCC2O[Si](C)(C)C(C)(C)C. The molecule has 2 amide bonds. The average molecular weight is 645 g/mol. The lowest BCUT2D eigenvalue weighted by Gasteiger charge is -2.42. The molecule has 236 valence electrons. The van der Waals surface area contributed by atoms with Crippen molar-refractivity contribution in [2.24, 2.45) is 0 Å². The van der Waals surface area contributed by atoms with Crippen LogP contribution in [0.25, 0.3) is 21.9 Å². The molecule has 2 aromatic heterocycles. The van der Waals surface area contributed by atoms with Gasteiger partial charge in [-0.3, -0.25) is 15.2 Å². The Balaban J connectivity index is 1.53. The third kappa shape index (κ3) is 6.26. The van der Waals surface area contributed by atoms with Gasteiger partial charge in [0.1, 0.15) is 17.7 Å². The summed E-state index contributed by atoms with van der Waals surface area (Å²) in [6.45, 7) is 13.8. The lowest BCUT2D eigenvalue weighted by atomic mass is 9.94. The first-order chi connectivity index (χ1) is 20.7. The van der Waals surface area contributed by atoms with Crippen molar-refractivity contribution < 1.29 is 33.0 Å². The standard InChI is InChI=1S/C31H38ClFN4O6Si/c1-17-21(15-35-27-23(43-44(5,6)31(2,3)4)7-10-37(28(17)27)30(39)40)20-13-18-14-24(34-16-22(18)25(32)26(20)33)36-29(38)42-19-8-11-41-12-9-19/h13-16,19,23H,7-12H2,1-6H3,(H,39,40)(H,34,36,38). The van der Waals surface area contributed by atoms with Gasteiger partial charge >= 0.3 is 12.2 Å². The molecule has 3 aromatic rings. The number of carbonyl (C=O) groups excluding carboxylic acids is 1. The van der Waals surface area contributed by atoms with Crippen molar-refractivity contribution in [2.75, 3.05) is 30.0 Å². The Morgan fingerprint density at radius 2 is 1.84 bits per heavy atom. The number of amides is 2. The summed E-state index contributed by atoms with van der Waals surface area (Å²) in [5.74, 6) is -0.469. The van der Waals surface area contributed by atoms with Gasteiger partial charge in [-0.15, -0.1) is 0 Å². The summed E-state index contributed by atoms with van der Waals surface area (Å²) >= 11 is 6.50. The fourth-order valence-electron chi connectivity index (χ4n) is 5.37. The second-order valence-electron chi connectivity index (χ2n) is 12.8. The largest absolute Gasteiger partial charge is 0.465 e. The maximum atomic E-state index is 15.9. The molecule has 4 heterocycles. The zero-order valence-corrected chi connectivity index (χ0v) is 27.5. The number of hydrogen-bond donors (Lipinski definition) is 2. The van der Waals surface area contributed by atoms with Gasteiger partial charge < -0.3 is 19.0 Å². The summed E-state index contributed by atoms with van der Waals surface area (Å²) in [6.07, 6.45) is 2.25. The van der Waals surface area contributed by atoms with E-state index in [1.807, 2.05) is 0 Å². The van der Waals surface area contributed by atoms with Gasteiger partial charge in [-0.05, 0) is 54.6 Å². The summed E-state index contributed by atoms with van der Waals surface area (Å²) in [6, 6.07) is 3.18. The van der Waals surface area contributed by atoms with Crippen LogP contribution in [0, 0.1) is 12.7 Å². The lowest BCUT2D eigenvalue weighted by Crippen LogP contribution is -2.45. The molecule has 44 heavy (non-hydrogen) atoms. The topological polar surface area (TPSA) is 123 Å². The van der Waals surface area contributed by atoms with E-state index in [9.17, 15) is 14.7 Å². The molecule has 5 rings (SSSR count). The third-order valence-corrected chi connectivity index (χ3v) is 13.7. The molecule has 0 spiro atoms. The Bertz CT molecular complexity index is 1610. The second kappa shape index (κ2) is 12.2. The Morgan fingerprint density at radius 3 is 2.50 bits per heavy atom. The Labute approximate surface area is 262 Å². The number of anilines is 2. The highest BCUT2D eigenvalue weighted by Gasteiger charge is 2.42. The molecule has 1 atom stereocenters. The number of nitrogens with one attached hydrogen (secondary N) is 1. The highest BCUT2D eigenvalue weighted by Crippen LogP contribution is 2.46. The van der Waals surface area contributed by atoms with Crippen LogP contribution in [0.5, 0.6) is 0 Å². The van der Waals surface area contributed by atoms with Crippen molar-refractivity contribution >= 4 is 54.4 Å². The van der Waals surface area contributed by atoms with Crippen LogP contribution < -0.4 is 10.2 Å². The van der Waals surface area contributed by atoms with Crippen molar-refractivity contribution in [1.29, 1.82) is 0 Å². The first kappa shape index (κ1) is 32.1. The molecule has 1 saturated heterocycles. The van der Waals surface area contributed by atoms with Gasteiger partial charge in [-0.1, -0.05) is 32.4 Å². The molecule has 0 bridgehead atoms. The van der Waals surface area contributed by atoms with Crippen LogP contribution in [0.3, 0.4) is 0 Å². The van der Waals surface area contributed by atoms with Crippen molar-refractivity contribution in [3.05, 3.63) is 46.6 Å². The van der Waals surface area contributed by atoms with Gasteiger partial charge in [-0.25, -0.2) is 19.0 Å². The molecule has 0 saturated carbocycles. The summed E-state index contributed by atoms with van der Waals surface area (Å²) in [4.78, 5) is 35.0. The Kier molecular flexibility index (Phi) is 8.91. The van der Waals surface area contributed by atoms with Gasteiger partial charge in [0, 0.05) is 48.3 Å². The van der Waals surface area contributed by atoms with E-state index in [0.717, 1.165) is 0 Å². The van der Waals surface area contributed by atoms with Crippen LogP contribution in [0.15, 0.2) is 24.5 Å². The quantitative estimate of drug-likeness (QED) is 0.267. The number of carbonyl (C=O) groups is 2. The van der Waals surface area contributed by atoms with Gasteiger partial charge in [0.05, 0.1) is 35.7 Å². The van der Waals surface area contributed by atoms with E-state index in [4.69, 9.17) is 25.5 Å². The van der Waals surface area contributed by atoms with Crippen LogP contribution in [0.1, 0.15) is 57.4 Å². The highest BCUT2D eigenvalue weighted by atomic mass is 35.5. The summed E-state index contributed by atoms with van der Waals surface area (Å²) in [5, 5.41) is 13.4. The van der Waals surface area contributed by atoms with Crippen LogP contribution in [-0.4, -0.2) is 61.4 Å². The molecule has 0 radical (unpaired) electrons. The second-order valence-corrected chi connectivity index (χ2v) is 17.9. The first-order valence-corrected chi connectivity index (χ1v) is 18.0. The number of halogens is 2. The molecule has 2 N–H and O–H groups in total. The van der Waals surface area contributed by atoms with E-state index in [-0.39, 0.29) is 40.2 Å². The molecule has 1 aromatic carbocycles. The van der Waals surface area contributed by atoms with E-state index in [1.54, 1.807) is 25.3 Å². The van der Waals surface area contributed by atoms with E-state index in [2.05, 4.69) is 49.1 Å². The van der Waals surface area contributed by atoms with Crippen molar-refractivity contribution in [2.45, 2.75) is 77.3 Å². The number of aromatic nitrogens is 2. The molecule has 2 aliphatic heterocycles. The minimum atomic E-state index is -2.22. The molecule has 1 unspecified atom stereocenters. The molecular formula is C31H38ClFN4O6Si. The van der Waals surface area contributed by atoms with E-state index < -0.39 is 26.3 Å². The minimum absolute atomic E-state index is 0.0544. The zero-order valence-electron chi connectivity index (χ0n) is 25.8. The number of ether oxygens (including phenoxy) is 2. The van der Waals surface area contributed by atoms with E-state index >= 15 is 4.39 Å². The minimum Gasteiger partial charge on any atom is -0.465 e. The van der Waals surface area contributed by atoms with Crippen molar-refractivity contribution in [3.63, 3.8) is 0 Å². The van der Waals surface area contributed by atoms with Crippen LogP contribution in [-0.2, 0) is 13.9 Å². The Morgan fingerprint density at radius 1 is 1.14 bits per heavy atom. The molecule has 10 nitrogen and oxygen atoms in total. The number of fused-ring (bicyclic) bond motifs is 2. The maximum absolute atomic E-state index is 15.9. The smallest absolute Gasteiger partial charge is 0.413 e. The number of benzene rings is 1. The van der Waals surface area contributed by atoms with Crippen LogP contribution in [0.4, 0.5) is 25.5 Å². The van der Waals surface area contributed by atoms with Crippen LogP contribution >= 0.6 is 11.6 Å². The zero-order chi connectivity index (χ0) is 32.0. The fraction of sp³-hybridized carbons (Fsp3) is 0.484. The number of hydrogen-bond acceptors (Lipinski definition) is 7. The summed E-state index contributed by atoms with van der Waals surface area (Å²) < 4.78 is 33.3. The predicted molar refractivity (Wildman–Crippen MR) is 170 cm³/mol. The van der Waals surface area contributed by atoms with Gasteiger partial charge in [0.25, 0.3) is 0 Å². The number of carboxylic acid groups (broad SMARTS) is 1. The average Bonchev–Trinajstić information content (AvgIpc) is 2.95. The van der Waals surface area contributed by atoms with Gasteiger partial charge in [-0.2, -0.15) is 0 Å². The Hall–Kier alpha value is -3.32. The van der Waals surface area contributed by atoms with Crippen LogP contribution in [0.2, 0.25) is 23.2 Å². The van der Waals surface area contributed by atoms with E-state index in [1.165, 1.54) is 11.1 Å². The third-order valence-electron chi connectivity index (χ3n) is 8.86. The van der Waals surface area contributed by atoms with E-state index in [0.29, 0.717) is 65.8 Å². The predicted octanol–water partition coefficient (Wildman–Crippen LogP) is 8.08. The first-order valence-electron chi connectivity index (χ1n) is 14.7. The molecule has 1 fully saturated rings. The van der Waals surface area contributed by atoms with Gasteiger partial charge in [0.2, 0.25) is 0 Å². The molecule has 0 aliphatic carbocycles. The maximum Gasteiger partial charge on any atom is 0.413 e. The van der Waals surface area contributed by atoms with Crippen molar-refractivity contribution in [3.8, 4) is 11.1 Å². The van der Waals surface area contributed by atoms with Gasteiger partial charge in [0.15, 0.2) is 8.32 Å². The summed E-state index contributed by atoms with van der Waals surface area (Å²) in [5.41, 5.74) is 2.01. The fourth-order valence-corrected chi connectivity index (χ4v) is 6.92. The lowest BCUT2D eigenvalue weighted by molar-refractivity contribution is 0.00589. The molecule has 2 aliphatic rings. The highest BCUT2D eigenvalue weighted by molar-refractivity contribution is 6.74. The number of pyridine rings is 2. The number of nitrogens with zero attached hydrogens (tertiary/aromatic N) is 3. The summed E-state index contributed by atoms with van der Waals surface area (Å²) in [7, 11) is -2.22. The van der Waals surface area contributed by atoms with Crippen molar-refractivity contribution in [1.82, 2.24) is 9.97 Å². The normalized spacial score (nSPS) is 17.8. The molecule has 13 heteroatoms. The number of rotatable bonds is 5. The monoisotopic (exact) mass is 644 g/mol.